The van der Waals surface area contributed by atoms with Crippen molar-refractivity contribution in [1.82, 2.24) is 9.78 Å². The third kappa shape index (κ3) is 1.88. The van der Waals surface area contributed by atoms with E-state index in [1.54, 1.807) is 0 Å². The van der Waals surface area contributed by atoms with Crippen molar-refractivity contribution in [3.05, 3.63) is 16.4 Å². The van der Waals surface area contributed by atoms with Gasteiger partial charge in [-0.25, -0.2) is 8.78 Å². The van der Waals surface area contributed by atoms with Crippen LogP contribution in [0.4, 0.5) is 8.78 Å². The van der Waals surface area contributed by atoms with Crippen LogP contribution in [0.2, 0.25) is 0 Å². The molecule has 0 aliphatic carbocycles. The molecule has 1 aromatic rings. The minimum absolute atomic E-state index is 0.135. The summed E-state index contributed by atoms with van der Waals surface area (Å²) >= 11 is 3.01. The van der Waals surface area contributed by atoms with Gasteiger partial charge in [0.2, 0.25) is 0 Å². The second-order valence-electron chi connectivity index (χ2n) is 2.07. The molecule has 1 aromatic heterocycles. The Balaban J connectivity index is 2.91. The van der Waals surface area contributed by atoms with Crippen molar-refractivity contribution in [1.29, 1.82) is 0 Å². The molecule has 66 valence electrons. The highest BCUT2D eigenvalue weighted by Crippen LogP contribution is 2.14. The lowest BCUT2D eigenvalue weighted by Crippen LogP contribution is -2.10. The summed E-state index contributed by atoms with van der Waals surface area (Å²) in [7, 11) is 0. The molecule has 0 bridgehead atoms. The lowest BCUT2D eigenvalue weighted by atomic mass is 10.5. The van der Waals surface area contributed by atoms with Crippen molar-refractivity contribution in [3.63, 3.8) is 0 Å². The number of hydrogen-bond acceptors (Lipinski definition) is 2. The molecule has 6 heteroatoms. The first-order valence-corrected chi connectivity index (χ1v) is 3.89. The van der Waals surface area contributed by atoms with Gasteiger partial charge in [-0.05, 0) is 15.9 Å². The summed E-state index contributed by atoms with van der Waals surface area (Å²) in [4.78, 5) is 10.4. The van der Waals surface area contributed by atoms with E-state index in [1.165, 1.54) is 6.20 Å². The number of carbonyl (C=O) groups is 1. The molecule has 0 spiro atoms. The van der Waals surface area contributed by atoms with Gasteiger partial charge >= 0.3 is 0 Å². The number of aldehydes is 1. The van der Waals surface area contributed by atoms with Crippen LogP contribution in [-0.2, 0) is 6.54 Å². The molecule has 0 aromatic carbocycles. The molecule has 3 nitrogen and oxygen atoms in total. The van der Waals surface area contributed by atoms with Crippen LogP contribution < -0.4 is 0 Å². The maximum absolute atomic E-state index is 11.9. The van der Waals surface area contributed by atoms with Gasteiger partial charge in [0.15, 0.2) is 6.29 Å². The van der Waals surface area contributed by atoms with Crippen LogP contribution in [0.25, 0.3) is 0 Å². The molecule has 0 N–H and O–H groups in total. The first kappa shape index (κ1) is 9.31. The van der Waals surface area contributed by atoms with Crippen LogP contribution >= 0.6 is 15.9 Å². The number of carbonyl (C=O) groups excluding carboxylic acids is 1. The monoisotopic (exact) mass is 238 g/mol. The minimum atomic E-state index is -2.50. The fourth-order valence-corrected chi connectivity index (χ4v) is 1.16. The van der Waals surface area contributed by atoms with Crippen LogP contribution in [0, 0.1) is 0 Å². The van der Waals surface area contributed by atoms with E-state index >= 15 is 0 Å². The summed E-state index contributed by atoms with van der Waals surface area (Å²) in [5.41, 5.74) is 0.135. The molecule has 0 aliphatic heterocycles. The lowest BCUT2D eigenvalue weighted by Gasteiger charge is -2.00. The van der Waals surface area contributed by atoms with Gasteiger partial charge in [0, 0.05) is 0 Å². The normalized spacial score (nSPS) is 10.7. The lowest BCUT2D eigenvalue weighted by molar-refractivity contribution is 0.108. The zero-order valence-corrected chi connectivity index (χ0v) is 7.46. The van der Waals surface area contributed by atoms with E-state index in [0.717, 1.165) is 4.68 Å². The van der Waals surface area contributed by atoms with Crippen LogP contribution in [0.1, 0.15) is 10.5 Å². The molecule has 0 saturated heterocycles. The Labute approximate surface area is 75.5 Å². The van der Waals surface area contributed by atoms with Crippen molar-refractivity contribution in [3.8, 4) is 0 Å². The van der Waals surface area contributed by atoms with E-state index in [4.69, 9.17) is 0 Å². The molecule has 0 unspecified atom stereocenters. The molecule has 0 saturated carbocycles. The number of halogens is 3. The molecule has 1 rings (SSSR count). The molecule has 0 fully saturated rings. The summed E-state index contributed by atoms with van der Waals surface area (Å²) in [6, 6.07) is 0. The van der Waals surface area contributed by atoms with Crippen molar-refractivity contribution in [2.24, 2.45) is 0 Å². The second kappa shape index (κ2) is 3.75. The first-order chi connectivity index (χ1) is 5.65. The molecular formula is C6H5BrF2N2O. The van der Waals surface area contributed by atoms with Crippen molar-refractivity contribution in [2.75, 3.05) is 0 Å². The van der Waals surface area contributed by atoms with E-state index in [0.29, 0.717) is 10.8 Å². The van der Waals surface area contributed by atoms with Gasteiger partial charge in [0.05, 0.1) is 10.7 Å². The minimum Gasteiger partial charge on any atom is -0.296 e. The SMILES string of the molecule is O=Cc1c(Br)cnn1CC(F)F. The van der Waals surface area contributed by atoms with Gasteiger partial charge in [0.25, 0.3) is 6.43 Å². The fraction of sp³-hybridized carbons (Fsp3) is 0.333. The maximum Gasteiger partial charge on any atom is 0.257 e. The molecule has 0 atom stereocenters. The number of rotatable bonds is 3. The smallest absolute Gasteiger partial charge is 0.257 e. The predicted molar refractivity (Wildman–Crippen MR) is 41.3 cm³/mol. The van der Waals surface area contributed by atoms with Crippen LogP contribution in [0.3, 0.4) is 0 Å². The summed E-state index contributed by atoms with van der Waals surface area (Å²) in [6.07, 6.45) is -0.707. The number of aromatic nitrogens is 2. The number of alkyl halides is 2. The average molecular weight is 239 g/mol. The van der Waals surface area contributed by atoms with Gasteiger partial charge in [-0.2, -0.15) is 5.10 Å². The largest absolute Gasteiger partial charge is 0.296 e. The van der Waals surface area contributed by atoms with E-state index < -0.39 is 13.0 Å². The molecule has 1 heterocycles. The molecule has 12 heavy (non-hydrogen) atoms. The third-order valence-electron chi connectivity index (χ3n) is 1.26. The second-order valence-corrected chi connectivity index (χ2v) is 2.92. The summed E-state index contributed by atoms with van der Waals surface area (Å²) in [5.74, 6) is 0. The maximum atomic E-state index is 11.9. The Morgan fingerprint density at radius 2 is 2.42 bits per heavy atom. The van der Waals surface area contributed by atoms with E-state index in [-0.39, 0.29) is 5.69 Å². The van der Waals surface area contributed by atoms with E-state index in [2.05, 4.69) is 21.0 Å². The number of hydrogen-bond donors (Lipinski definition) is 0. The van der Waals surface area contributed by atoms with Gasteiger partial charge in [-0.1, -0.05) is 0 Å². The van der Waals surface area contributed by atoms with E-state index in [9.17, 15) is 13.6 Å². The highest BCUT2D eigenvalue weighted by molar-refractivity contribution is 9.10. The van der Waals surface area contributed by atoms with Gasteiger partial charge in [-0.3, -0.25) is 9.48 Å². The summed E-state index contributed by atoms with van der Waals surface area (Å²) in [5, 5.41) is 3.59. The highest BCUT2D eigenvalue weighted by atomic mass is 79.9. The first-order valence-electron chi connectivity index (χ1n) is 3.09. The van der Waals surface area contributed by atoms with Crippen molar-refractivity contribution >= 4 is 22.2 Å². The Morgan fingerprint density at radius 3 is 2.92 bits per heavy atom. The Bertz CT molecular complexity index is 287. The summed E-state index contributed by atoms with van der Waals surface area (Å²) < 4.78 is 25.1. The van der Waals surface area contributed by atoms with E-state index in [1.807, 2.05) is 0 Å². The zero-order valence-electron chi connectivity index (χ0n) is 5.88. The molecular weight excluding hydrogens is 234 g/mol. The topological polar surface area (TPSA) is 34.9 Å². The van der Waals surface area contributed by atoms with Crippen molar-refractivity contribution < 1.29 is 13.6 Å². The Morgan fingerprint density at radius 1 is 1.75 bits per heavy atom. The molecule has 0 radical (unpaired) electrons. The fourth-order valence-electron chi connectivity index (χ4n) is 0.765. The summed E-state index contributed by atoms with van der Waals surface area (Å²) in [6.45, 7) is -0.556. The van der Waals surface area contributed by atoms with Crippen LogP contribution in [0.15, 0.2) is 10.7 Å². The quantitative estimate of drug-likeness (QED) is 0.752. The van der Waals surface area contributed by atoms with Crippen LogP contribution in [-0.4, -0.2) is 22.5 Å². The van der Waals surface area contributed by atoms with Gasteiger partial charge in [-0.15, -0.1) is 0 Å². The third-order valence-corrected chi connectivity index (χ3v) is 1.87. The zero-order chi connectivity index (χ0) is 9.14. The highest BCUT2D eigenvalue weighted by Gasteiger charge is 2.11. The average Bonchev–Trinajstić information content (AvgIpc) is 2.30. The number of nitrogens with zero attached hydrogens (tertiary/aromatic N) is 2. The van der Waals surface area contributed by atoms with Crippen LogP contribution in [0.5, 0.6) is 0 Å². The Kier molecular flexibility index (Phi) is 2.91. The standard InChI is InChI=1S/C6H5BrF2N2O/c7-4-1-10-11(2-6(8)9)5(4)3-12/h1,3,6H,2H2. The predicted octanol–water partition coefficient (Wildman–Crippen LogP) is 1.72. The van der Waals surface area contributed by atoms with Crippen molar-refractivity contribution in [2.45, 2.75) is 13.0 Å². The van der Waals surface area contributed by atoms with Gasteiger partial charge in [0.1, 0.15) is 12.2 Å². The molecule has 0 amide bonds. The van der Waals surface area contributed by atoms with Gasteiger partial charge < -0.3 is 0 Å². The molecule has 0 aliphatic rings. The Hall–Kier alpha value is -0.780.